The van der Waals surface area contributed by atoms with Gasteiger partial charge in [0.05, 0.1) is 16.1 Å². The molecule has 4 aliphatic heterocycles. The second-order valence-corrected chi connectivity index (χ2v) is 14.3. The largest absolute Gasteiger partial charge is 0.456 e. The third kappa shape index (κ3) is 5.12. The summed E-state index contributed by atoms with van der Waals surface area (Å²) in [6, 6.07) is 25.4. The molecule has 0 N–H and O–H groups in total. The maximum atomic E-state index is 14.1. The van der Waals surface area contributed by atoms with Crippen molar-refractivity contribution < 1.29 is 62.2 Å². The molecule has 5 aromatic rings. The summed E-state index contributed by atoms with van der Waals surface area (Å²) < 4.78 is 34.5. The van der Waals surface area contributed by atoms with Crippen LogP contribution in [0.4, 0.5) is 0 Å². The maximum Gasteiger partial charge on any atom is 0.341 e. The smallest absolute Gasteiger partial charge is 0.341 e. The number of rotatable bonds is 6. The Kier molecular flexibility index (Phi) is 8.08. The topological polar surface area (TPSA) is 159 Å². The second kappa shape index (κ2) is 12.7. The first-order chi connectivity index (χ1) is 27.3. The summed E-state index contributed by atoms with van der Waals surface area (Å²) in [6.45, 7) is 4.79. The van der Waals surface area contributed by atoms with Crippen LogP contribution in [0.3, 0.4) is 0 Å². The Morgan fingerprint density at radius 2 is 1.23 bits per heavy atom. The lowest BCUT2D eigenvalue weighted by Crippen LogP contribution is -2.52. The highest BCUT2D eigenvalue weighted by Crippen LogP contribution is 2.64. The van der Waals surface area contributed by atoms with E-state index in [9.17, 15) is 24.0 Å². The number of benzene rings is 5. The van der Waals surface area contributed by atoms with E-state index in [1.807, 2.05) is 55.5 Å². The van der Waals surface area contributed by atoms with Crippen molar-refractivity contribution in [2.45, 2.75) is 44.5 Å². The van der Waals surface area contributed by atoms with Crippen molar-refractivity contribution in [1.29, 1.82) is 0 Å². The van der Waals surface area contributed by atoms with Crippen LogP contribution < -0.4 is 14.2 Å². The fraction of sp³-hybridized carbons (Fsp3) is 0.186. The van der Waals surface area contributed by atoms with Gasteiger partial charge in [-0.15, -0.1) is 0 Å². The summed E-state index contributed by atoms with van der Waals surface area (Å²) >= 11 is 6.76. The van der Waals surface area contributed by atoms with Gasteiger partial charge in [0, 0.05) is 66.3 Å². The second-order valence-electron chi connectivity index (χ2n) is 13.9. The summed E-state index contributed by atoms with van der Waals surface area (Å²) in [7, 11) is 0. The normalized spacial score (nSPS) is 21.5. The molecule has 1 aliphatic carbocycles. The maximum absolute atomic E-state index is 14.1. The fourth-order valence-electron chi connectivity index (χ4n) is 8.33. The third-order valence-electron chi connectivity index (χ3n) is 10.5. The van der Waals surface area contributed by atoms with Crippen molar-refractivity contribution in [2.24, 2.45) is 0 Å². The Morgan fingerprint density at radius 1 is 0.632 bits per heavy atom. The predicted molar refractivity (Wildman–Crippen MR) is 196 cm³/mol. The molecule has 0 radical (unpaired) electrons. The molecule has 0 fully saturated rings. The van der Waals surface area contributed by atoms with Gasteiger partial charge in [-0.3, -0.25) is 14.4 Å². The minimum Gasteiger partial charge on any atom is -0.456 e. The first-order valence-corrected chi connectivity index (χ1v) is 18.0. The highest BCUT2D eigenvalue weighted by atomic mass is 35.5. The van der Waals surface area contributed by atoms with E-state index in [2.05, 4.69) is 0 Å². The molecule has 1 unspecified atom stereocenters. The first-order valence-electron chi connectivity index (χ1n) is 17.6. The predicted octanol–water partition coefficient (Wildman–Crippen LogP) is 7.27. The SMILES string of the molecule is CC(=O)OCOC(=O)c1cccc2c1C1(OC2=O)c2cc(Cl)c(OC(C)=O)cc2Oc2cc(OC(C)=O)c(C34OOC(C)(c5ccccc53)c3ccccc34)cc21. The molecular formula is C43H29ClO13. The molecule has 286 valence electrons. The van der Waals surface area contributed by atoms with Gasteiger partial charge in [-0.2, -0.15) is 0 Å². The van der Waals surface area contributed by atoms with Gasteiger partial charge >= 0.3 is 29.8 Å². The lowest BCUT2D eigenvalue weighted by atomic mass is 9.64. The van der Waals surface area contributed by atoms with Crippen LogP contribution in [-0.4, -0.2) is 36.6 Å². The third-order valence-corrected chi connectivity index (χ3v) is 10.8. The van der Waals surface area contributed by atoms with Crippen LogP contribution in [0.2, 0.25) is 5.02 Å². The quantitative estimate of drug-likeness (QED) is 0.0733. The monoisotopic (exact) mass is 788 g/mol. The summed E-state index contributed by atoms with van der Waals surface area (Å²) in [6.07, 6.45) is 0. The molecular weight excluding hydrogens is 760 g/mol. The van der Waals surface area contributed by atoms with E-state index in [0.29, 0.717) is 11.1 Å². The van der Waals surface area contributed by atoms with Crippen LogP contribution in [0.1, 0.15) is 92.9 Å². The molecule has 5 aliphatic rings. The van der Waals surface area contributed by atoms with Crippen molar-refractivity contribution in [3.8, 4) is 23.0 Å². The number of fused-ring (bicyclic) bond motifs is 7. The minimum atomic E-state index is -2.03. The van der Waals surface area contributed by atoms with Crippen LogP contribution >= 0.6 is 11.6 Å². The molecule has 0 aromatic heterocycles. The van der Waals surface area contributed by atoms with Crippen LogP contribution in [0.5, 0.6) is 23.0 Å². The number of carbonyl (C=O) groups excluding carboxylic acids is 5. The zero-order chi connectivity index (χ0) is 40.0. The van der Waals surface area contributed by atoms with Crippen molar-refractivity contribution in [3.05, 3.63) is 152 Å². The van der Waals surface area contributed by atoms with E-state index in [1.54, 1.807) is 6.07 Å². The molecule has 14 heteroatoms. The van der Waals surface area contributed by atoms with Gasteiger partial charge in [0.15, 0.2) is 22.6 Å². The van der Waals surface area contributed by atoms with Gasteiger partial charge in [-0.05, 0) is 42.3 Å². The molecule has 0 saturated carbocycles. The van der Waals surface area contributed by atoms with Crippen molar-refractivity contribution in [1.82, 2.24) is 0 Å². The summed E-state index contributed by atoms with van der Waals surface area (Å²) in [5, 5.41) is -0.0522. The van der Waals surface area contributed by atoms with Crippen LogP contribution in [0.15, 0.2) is 91.0 Å². The molecule has 13 nitrogen and oxygen atoms in total. The van der Waals surface area contributed by atoms with Gasteiger partial charge < -0.3 is 28.4 Å². The number of esters is 5. The summed E-state index contributed by atoms with van der Waals surface area (Å²) in [4.78, 5) is 77.3. The standard InChI is InChI=1S/C43H29ClO13/c1-21(45)50-20-51-39(48)24-10-9-11-25-38(24)43(55-40(25)49)31-16-30(42-28-14-7-5-12-26(28)41(4,56-57-42)27-13-6-8-15-29(27)42)34(52-22(2)46)18-35(31)54-36-19-37(53-23(3)47)33(44)17-32(36)43/h5-19H,20H2,1-4H3. The van der Waals surface area contributed by atoms with E-state index in [-0.39, 0.29) is 61.4 Å². The zero-order valence-electron chi connectivity index (χ0n) is 30.6. The molecule has 2 bridgehead atoms. The molecule has 0 saturated heterocycles. The van der Waals surface area contributed by atoms with Crippen LogP contribution in [-0.2, 0) is 55.2 Å². The fourth-order valence-corrected chi connectivity index (χ4v) is 8.53. The van der Waals surface area contributed by atoms with E-state index < -0.39 is 53.4 Å². The Morgan fingerprint density at radius 3 is 1.86 bits per heavy atom. The van der Waals surface area contributed by atoms with Crippen molar-refractivity contribution in [2.75, 3.05) is 6.79 Å². The Balaban J connectivity index is 1.38. The van der Waals surface area contributed by atoms with Gasteiger partial charge in [-0.25, -0.2) is 19.4 Å². The number of hydrogen-bond donors (Lipinski definition) is 0. The average Bonchev–Trinajstić information content (AvgIpc) is 3.48. The summed E-state index contributed by atoms with van der Waals surface area (Å²) in [5.74, 6) is -3.80. The van der Waals surface area contributed by atoms with Gasteiger partial charge in [-0.1, -0.05) is 66.2 Å². The molecule has 1 spiro atoms. The first kappa shape index (κ1) is 36.1. The Bertz CT molecular complexity index is 2600. The number of carbonyl (C=O) groups is 5. The van der Waals surface area contributed by atoms with E-state index >= 15 is 0 Å². The lowest BCUT2D eigenvalue weighted by molar-refractivity contribution is -0.415. The van der Waals surface area contributed by atoms with Crippen molar-refractivity contribution in [3.63, 3.8) is 0 Å². The highest BCUT2D eigenvalue weighted by molar-refractivity contribution is 6.32. The molecule has 5 aromatic carbocycles. The molecule has 4 heterocycles. The molecule has 10 rings (SSSR count). The van der Waals surface area contributed by atoms with E-state index in [4.69, 9.17) is 49.8 Å². The Hall–Kier alpha value is -6.54. The minimum absolute atomic E-state index is 0.000992. The number of hydrogen-bond acceptors (Lipinski definition) is 13. The molecule has 1 atom stereocenters. The molecule has 57 heavy (non-hydrogen) atoms. The van der Waals surface area contributed by atoms with Gasteiger partial charge in [0.25, 0.3) is 0 Å². The molecule has 0 amide bonds. The lowest BCUT2D eigenvalue weighted by Gasteiger charge is -2.52. The van der Waals surface area contributed by atoms with Gasteiger partial charge in [0.1, 0.15) is 17.2 Å². The summed E-state index contributed by atoms with van der Waals surface area (Å²) in [5.41, 5.74) is -1.18. The zero-order valence-corrected chi connectivity index (χ0v) is 31.3. The van der Waals surface area contributed by atoms with Gasteiger partial charge in [0.2, 0.25) is 6.79 Å². The van der Waals surface area contributed by atoms with Crippen molar-refractivity contribution >= 4 is 41.4 Å². The highest BCUT2D eigenvalue weighted by Gasteiger charge is 2.61. The van der Waals surface area contributed by atoms with Crippen LogP contribution in [0, 0.1) is 0 Å². The van der Waals surface area contributed by atoms with Crippen LogP contribution in [0.25, 0.3) is 0 Å². The van der Waals surface area contributed by atoms with E-state index in [1.165, 1.54) is 50.2 Å². The number of halogens is 1. The number of ether oxygens (including phenoxy) is 6. The van der Waals surface area contributed by atoms with E-state index in [0.717, 1.165) is 18.1 Å². The Labute approximate surface area is 328 Å². The average molecular weight is 789 g/mol.